The lowest BCUT2D eigenvalue weighted by Gasteiger charge is -2.21. The van der Waals surface area contributed by atoms with Crippen LogP contribution in [0.5, 0.6) is 0 Å². The molecule has 0 bridgehead atoms. The minimum Gasteiger partial charge on any atom is -0.323 e. The highest BCUT2D eigenvalue weighted by Gasteiger charge is 2.44. The van der Waals surface area contributed by atoms with Crippen LogP contribution in [0.4, 0.5) is 0 Å². The molecular weight excluding hydrogens is 172 g/mol. The van der Waals surface area contributed by atoms with Crippen molar-refractivity contribution in [3.05, 3.63) is 34.9 Å². The number of hydrogen-bond donors (Lipinski definition) is 2. The predicted molar refractivity (Wildman–Crippen MR) is 59.0 cm³/mol. The van der Waals surface area contributed by atoms with E-state index in [9.17, 15) is 0 Å². The molecule has 0 saturated heterocycles. The second-order valence-electron chi connectivity index (χ2n) is 4.57. The average molecular weight is 190 g/mol. The van der Waals surface area contributed by atoms with Gasteiger partial charge in [0.2, 0.25) is 0 Å². The van der Waals surface area contributed by atoms with Crippen LogP contribution in [-0.2, 0) is 0 Å². The van der Waals surface area contributed by atoms with E-state index in [0.717, 1.165) is 12.8 Å². The molecule has 0 aromatic heterocycles. The SMILES string of the molecule is Cc1ccc(C(N)C2(N)CC2)c(C)c1. The Morgan fingerprint density at radius 2 is 1.93 bits per heavy atom. The normalized spacial score (nSPS) is 20.6. The van der Waals surface area contributed by atoms with Gasteiger partial charge in [0.25, 0.3) is 0 Å². The Labute approximate surface area is 85.3 Å². The molecule has 1 fully saturated rings. The molecule has 0 amide bonds. The van der Waals surface area contributed by atoms with E-state index >= 15 is 0 Å². The summed E-state index contributed by atoms with van der Waals surface area (Å²) in [4.78, 5) is 0. The minimum absolute atomic E-state index is 0.00287. The fourth-order valence-electron chi connectivity index (χ4n) is 1.94. The van der Waals surface area contributed by atoms with Gasteiger partial charge in [-0.25, -0.2) is 0 Å². The van der Waals surface area contributed by atoms with E-state index in [1.54, 1.807) is 0 Å². The number of nitrogens with two attached hydrogens (primary N) is 2. The van der Waals surface area contributed by atoms with Crippen LogP contribution < -0.4 is 11.5 Å². The summed E-state index contributed by atoms with van der Waals surface area (Å²) in [5.74, 6) is 0. The van der Waals surface area contributed by atoms with Gasteiger partial charge in [0, 0.05) is 11.6 Å². The number of benzene rings is 1. The topological polar surface area (TPSA) is 52.0 Å². The average Bonchev–Trinajstić information content (AvgIpc) is 2.84. The monoisotopic (exact) mass is 190 g/mol. The van der Waals surface area contributed by atoms with Crippen molar-refractivity contribution in [3.63, 3.8) is 0 Å². The third-order valence-corrected chi connectivity index (χ3v) is 3.21. The quantitative estimate of drug-likeness (QED) is 0.747. The molecule has 14 heavy (non-hydrogen) atoms. The Morgan fingerprint density at radius 1 is 1.29 bits per heavy atom. The summed E-state index contributed by atoms with van der Waals surface area (Å²) < 4.78 is 0. The molecule has 1 aliphatic carbocycles. The summed E-state index contributed by atoms with van der Waals surface area (Å²) in [5, 5.41) is 0. The van der Waals surface area contributed by atoms with E-state index in [4.69, 9.17) is 11.5 Å². The molecular formula is C12H18N2. The smallest absolute Gasteiger partial charge is 0.0480 e. The molecule has 1 aromatic carbocycles. The van der Waals surface area contributed by atoms with Crippen molar-refractivity contribution in [2.24, 2.45) is 11.5 Å². The highest BCUT2D eigenvalue weighted by Crippen LogP contribution is 2.42. The van der Waals surface area contributed by atoms with Gasteiger partial charge in [-0.1, -0.05) is 23.8 Å². The van der Waals surface area contributed by atoms with E-state index in [2.05, 4.69) is 32.0 Å². The molecule has 0 radical (unpaired) electrons. The minimum atomic E-state index is -0.125. The maximum atomic E-state index is 6.16. The Morgan fingerprint density at radius 3 is 2.43 bits per heavy atom. The van der Waals surface area contributed by atoms with Crippen LogP contribution in [0, 0.1) is 13.8 Å². The van der Waals surface area contributed by atoms with Crippen molar-refractivity contribution in [1.29, 1.82) is 0 Å². The Kier molecular flexibility index (Phi) is 2.13. The van der Waals surface area contributed by atoms with E-state index in [-0.39, 0.29) is 11.6 Å². The van der Waals surface area contributed by atoms with E-state index < -0.39 is 0 Å². The third kappa shape index (κ3) is 1.56. The van der Waals surface area contributed by atoms with Crippen LogP contribution in [0.3, 0.4) is 0 Å². The molecule has 0 spiro atoms. The van der Waals surface area contributed by atoms with Crippen LogP contribution >= 0.6 is 0 Å². The highest BCUT2D eigenvalue weighted by atomic mass is 14.9. The molecule has 1 aliphatic rings. The molecule has 0 heterocycles. The largest absolute Gasteiger partial charge is 0.323 e. The second kappa shape index (κ2) is 3.07. The molecule has 1 aromatic rings. The maximum absolute atomic E-state index is 6.16. The summed E-state index contributed by atoms with van der Waals surface area (Å²) >= 11 is 0. The van der Waals surface area contributed by atoms with Crippen molar-refractivity contribution < 1.29 is 0 Å². The van der Waals surface area contributed by atoms with Crippen molar-refractivity contribution in [3.8, 4) is 0 Å². The number of aryl methyl sites for hydroxylation is 2. The maximum Gasteiger partial charge on any atom is 0.0480 e. The van der Waals surface area contributed by atoms with Crippen LogP contribution in [0.15, 0.2) is 18.2 Å². The zero-order valence-corrected chi connectivity index (χ0v) is 8.88. The van der Waals surface area contributed by atoms with Crippen LogP contribution in [0.1, 0.15) is 35.6 Å². The van der Waals surface area contributed by atoms with E-state index in [1.165, 1.54) is 16.7 Å². The predicted octanol–water partition coefficient (Wildman–Crippen LogP) is 1.79. The zero-order valence-electron chi connectivity index (χ0n) is 8.88. The van der Waals surface area contributed by atoms with E-state index in [1.807, 2.05) is 0 Å². The summed E-state index contributed by atoms with van der Waals surface area (Å²) in [7, 11) is 0. The zero-order chi connectivity index (χ0) is 10.3. The van der Waals surface area contributed by atoms with Gasteiger partial charge < -0.3 is 11.5 Å². The standard InChI is InChI=1S/C12H18N2/c1-8-3-4-10(9(2)7-8)11(13)12(14)5-6-12/h3-4,7,11H,5-6,13-14H2,1-2H3. The van der Waals surface area contributed by atoms with Gasteiger partial charge in [0.1, 0.15) is 0 Å². The summed E-state index contributed by atoms with van der Waals surface area (Å²) in [6.45, 7) is 4.20. The first-order valence-electron chi connectivity index (χ1n) is 5.14. The fourth-order valence-corrected chi connectivity index (χ4v) is 1.94. The van der Waals surface area contributed by atoms with Gasteiger partial charge in [-0.05, 0) is 37.8 Å². The van der Waals surface area contributed by atoms with Gasteiger partial charge in [-0.15, -0.1) is 0 Å². The lowest BCUT2D eigenvalue weighted by atomic mass is 9.94. The van der Waals surface area contributed by atoms with Crippen molar-refractivity contribution >= 4 is 0 Å². The molecule has 1 saturated carbocycles. The fraction of sp³-hybridized carbons (Fsp3) is 0.500. The molecule has 2 rings (SSSR count). The molecule has 2 nitrogen and oxygen atoms in total. The Bertz CT molecular complexity index is 353. The van der Waals surface area contributed by atoms with Gasteiger partial charge in [-0.3, -0.25) is 0 Å². The van der Waals surface area contributed by atoms with Crippen LogP contribution in [-0.4, -0.2) is 5.54 Å². The first-order chi connectivity index (χ1) is 6.53. The lowest BCUT2D eigenvalue weighted by molar-refractivity contribution is 0.533. The summed E-state index contributed by atoms with van der Waals surface area (Å²) in [5.41, 5.74) is 15.9. The molecule has 1 unspecified atom stereocenters. The first kappa shape index (κ1) is 9.69. The van der Waals surface area contributed by atoms with Crippen molar-refractivity contribution in [1.82, 2.24) is 0 Å². The molecule has 0 aliphatic heterocycles. The highest BCUT2D eigenvalue weighted by molar-refractivity contribution is 5.35. The van der Waals surface area contributed by atoms with Gasteiger partial charge in [-0.2, -0.15) is 0 Å². The Balaban J connectivity index is 2.32. The van der Waals surface area contributed by atoms with Crippen LogP contribution in [0.2, 0.25) is 0 Å². The summed E-state index contributed by atoms with van der Waals surface area (Å²) in [6, 6.07) is 6.39. The van der Waals surface area contributed by atoms with Crippen molar-refractivity contribution in [2.45, 2.75) is 38.3 Å². The third-order valence-electron chi connectivity index (χ3n) is 3.21. The van der Waals surface area contributed by atoms with Gasteiger partial charge >= 0.3 is 0 Å². The molecule has 1 atom stereocenters. The molecule has 4 N–H and O–H groups in total. The van der Waals surface area contributed by atoms with E-state index in [0.29, 0.717) is 0 Å². The molecule has 76 valence electrons. The number of hydrogen-bond acceptors (Lipinski definition) is 2. The van der Waals surface area contributed by atoms with Gasteiger partial charge in [0.15, 0.2) is 0 Å². The van der Waals surface area contributed by atoms with Crippen molar-refractivity contribution in [2.75, 3.05) is 0 Å². The summed E-state index contributed by atoms with van der Waals surface area (Å²) in [6.07, 6.45) is 2.11. The first-order valence-corrected chi connectivity index (χ1v) is 5.14. The Hall–Kier alpha value is -0.860. The second-order valence-corrected chi connectivity index (χ2v) is 4.57. The van der Waals surface area contributed by atoms with Crippen LogP contribution in [0.25, 0.3) is 0 Å². The van der Waals surface area contributed by atoms with Gasteiger partial charge in [0.05, 0.1) is 0 Å². The number of rotatable bonds is 2. The molecule has 2 heteroatoms. The lowest BCUT2D eigenvalue weighted by Crippen LogP contribution is -2.36.